The van der Waals surface area contributed by atoms with Crippen molar-refractivity contribution in [3.8, 4) is 10.6 Å². The molecule has 0 aromatic heterocycles. The van der Waals surface area contributed by atoms with Crippen LogP contribution in [0.5, 0.6) is 0 Å². The lowest BCUT2D eigenvalue weighted by Crippen LogP contribution is -2.32. The highest BCUT2D eigenvalue weighted by molar-refractivity contribution is 7.21. The van der Waals surface area contributed by atoms with Gasteiger partial charge in [-0.05, 0) is 76.3 Å². The molecule has 6 rings (SSSR count). The number of anilines is 1. The monoisotopic (exact) mass is 640 g/mol. The number of carbonyl (C=O) groups is 2. The zero-order valence-electron chi connectivity index (χ0n) is 27.6. The number of amides is 2. The molecule has 46 heavy (non-hydrogen) atoms. The maximum absolute atomic E-state index is 12.3. The van der Waals surface area contributed by atoms with Crippen LogP contribution in [0.2, 0.25) is 0 Å². The molecule has 7 nitrogen and oxygen atoms in total. The van der Waals surface area contributed by atoms with E-state index in [-0.39, 0.29) is 11.8 Å². The van der Waals surface area contributed by atoms with E-state index < -0.39 is 0 Å². The van der Waals surface area contributed by atoms with Gasteiger partial charge in [0.2, 0.25) is 17.2 Å². The van der Waals surface area contributed by atoms with Crippen LogP contribution in [-0.2, 0) is 9.59 Å². The van der Waals surface area contributed by atoms with Crippen LogP contribution in [0, 0.1) is 11.8 Å². The highest BCUT2D eigenvalue weighted by atomic mass is 32.1. The molecule has 1 unspecified atom stereocenters. The van der Waals surface area contributed by atoms with E-state index in [1.54, 1.807) is 0 Å². The summed E-state index contributed by atoms with van der Waals surface area (Å²) in [5.74, 6) is 1.57. The number of nitrogens with zero attached hydrogens (tertiary/aromatic N) is 2. The Balaban J connectivity index is 0.936. The van der Waals surface area contributed by atoms with Crippen LogP contribution in [0.15, 0.2) is 48.5 Å². The Kier molecular flexibility index (Phi) is 10.8. The molecule has 2 fully saturated rings. The summed E-state index contributed by atoms with van der Waals surface area (Å²) in [5.41, 5.74) is 3.30. The predicted octanol–water partition coefficient (Wildman–Crippen LogP) is 6.93. The molecule has 3 N–H and O–H groups in total. The largest absolute Gasteiger partial charge is 0.385 e. The fourth-order valence-corrected chi connectivity index (χ4v) is 8.72. The molecule has 2 amide bonds. The molecule has 3 atom stereocenters. The molecule has 0 radical (unpaired) electrons. The van der Waals surface area contributed by atoms with Gasteiger partial charge in [-0.25, -0.2) is 9.56 Å². The van der Waals surface area contributed by atoms with Gasteiger partial charge in [0.05, 0.1) is 20.8 Å². The van der Waals surface area contributed by atoms with Gasteiger partial charge in [0.25, 0.3) is 0 Å². The average Bonchev–Trinajstić information content (AvgIpc) is 3.63. The summed E-state index contributed by atoms with van der Waals surface area (Å²) in [7, 11) is 0. The highest BCUT2D eigenvalue weighted by Gasteiger charge is 2.41. The Bertz CT molecular complexity index is 1710. The third-order valence-electron chi connectivity index (χ3n) is 10.2. The van der Waals surface area contributed by atoms with Gasteiger partial charge in [-0.2, -0.15) is 0 Å². The van der Waals surface area contributed by atoms with Crippen LogP contribution >= 0.6 is 11.3 Å². The molecule has 0 bridgehead atoms. The van der Waals surface area contributed by atoms with E-state index in [9.17, 15) is 9.59 Å². The number of rotatable bonds is 15. The van der Waals surface area contributed by atoms with Gasteiger partial charge >= 0.3 is 0 Å². The van der Waals surface area contributed by atoms with Gasteiger partial charge in [0.15, 0.2) is 0 Å². The van der Waals surface area contributed by atoms with Gasteiger partial charge in [0.1, 0.15) is 13.1 Å². The fourth-order valence-electron chi connectivity index (χ4n) is 7.65. The first kappa shape index (κ1) is 32.4. The zero-order valence-corrected chi connectivity index (χ0v) is 28.4. The van der Waals surface area contributed by atoms with Crippen LogP contribution in [0.25, 0.3) is 31.6 Å². The average molecular weight is 641 g/mol. The lowest BCUT2D eigenvalue weighted by Gasteiger charge is -2.18. The van der Waals surface area contributed by atoms with E-state index >= 15 is 0 Å². The number of unbranched alkanes of at least 4 members (excludes halogenated alkanes) is 4. The number of fused-ring (bicyclic) bond motifs is 5. The molecule has 2 aliphatic carbocycles. The summed E-state index contributed by atoms with van der Waals surface area (Å²) >= 11 is 1.83. The van der Waals surface area contributed by atoms with Gasteiger partial charge in [-0.1, -0.05) is 43.5 Å². The first-order chi connectivity index (χ1) is 22.5. The Morgan fingerprint density at radius 3 is 2.59 bits per heavy atom. The minimum absolute atomic E-state index is 0.177. The molecule has 0 spiro atoms. The second-order valence-corrected chi connectivity index (χ2v) is 14.3. The van der Waals surface area contributed by atoms with Crippen molar-refractivity contribution in [2.45, 2.75) is 90.5 Å². The summed E-state index contributed by atoms with van der Waals surface area (Å²) < 4.78 is 3.58. The highest BCUT2D eigenvalue weighted by Crippen LogP contribution is 2.40. The van der Waals surface area contributed by atoms with Crippen molar-refractivity contribution in [1.82, 2.24) is 20.2 Å². The van der Waals surface area contributed by atoms with Crippen LogP contribution in [-0.4, -0.2) is 49.0 Å². The maximum atomic E-state index is 12.3. The lowest BCUT2D eigenvalue weighted by atomic mass is 9.94. The van der Waals surface area contributed by atoms with Gasteiger partial charge < -0.3 is 16.0 Å². The molecule has 2 aromatic carbocycles. The lowest BCUT2D eigenvalue weighted by molar-refractivity contribution is -0.121. The number of carbonyl (C=O) groups excluding carboxylic acids is 2. The van der Waals surface area contributed by atoms with E-state index in [1.165, 1.54) is 44.2 Å². The van der Waals surface area contributed by atoms with E-state index in [4.69, 9.17) is 4.98 Å². The first-order valence-electron chi connectivity index (χ1n) is 17.7. The van der Waals surface area contributed by atoms with Crippen molar-refractivity contribution >= 4 is 49.8 Å². The Morgan fingerprint density at radius 2 is 1.76 bits per heavy atom. The van der Waals surface area contributed by atoms with Crippen molar-refractivity contribution in [2.24, 2.45) is 11.8 Å². The van der Waals surface area contributed by atoms with E-state index in [0.29, 0.717) is 24.3 Å². The smallest absolute Gasteiger partial charge is 0.220 e. The van der Waals surface area contributed by atoms with Gasteiger partial charge in [-0.15, -0.1) is 11.3 Å². The second-order valence-electron chi connectivity index (χ2n) is 13.2. The third kappa shape index (κ3) is 7.54. The topological polar surface area (TPSA) is 86.1 Å². The molecule has 2 aromatic rings. The molecule has 8 heteroatoms. The van der Waals surface area contributed by atoms with E-state index in [0.717, 1.165) is 88.8 Å². The second kappa shape index (κ2) is 15.4. The minimum Gasteiger partial charge on any atom is -0.385 e. The predicted molar refractivity (Wildman–Crippen MR) is 191 cm³/mol. The maximum Gasteiger partial charge on any atom is 0.220 e. The van der Waals surface area contributed by atoms with Crippen molar-refractivity contribution < 1.29 is 9.59 Å². The van der Waals surface area contributed by atoms with Crippen molar-refractivity contribution in [1.29, 1.82) is 0 Å². The summed E-state index contributed by atoms with van der Waals surface area (Å²) in [6.45, 7) is 8.07. The molecule has 2 heterocycles. The number of benzene rings is 3. The Morgan fingerprint density at radius 1 is 0.957 bits per heavy atom. The Hall–Kier alpha value is -3.52. The summed E-state index contributed by atoms with van der Waals surface area (Å²) in [4.78, 5) is 30.3. The summed E-state index contributed by atoms with van der Waals surface area (Å²) in [5, 5.41) is 13.7. The van der Waals surface area contributed by atoms with Crippen LogP contribution in [0.4, 0.5) is 5.69 Å². The van der Waals surface area contributed by atoms with Crippen LogP contribution < -0.4 is 25.9 Å². The molecular weight excluding hydrogens is 591 g/mol. The van der Waals surface area contributed by atoms with Gasteiger partial charge in [-0.3, -0.25) is 9.59 Å². The normalized spacial score (nSPS) is 19.1. The van der Waals surface area contributed by atoms with Crippen molar-refractivity contribution in [3.05, 3.63) is 53.9 Å². The molecule has 1 saturated carbocycles. The summed E-state index contributed by atoms with van der Waals surface area (Å²) in [6.07, 6.45) is 11.2. The third-order valence-corrected chi connectivity index (χ3v) is 11.3. The molecule has 2 aliphatic heterocycles. The number of hydrogen-bond acceptors (Lipinski definition) is 5. The fraction of sp³-hybridized carbons (Fsp3) is 0.526. The Labute approximate surface area is 277 Å². The zero-order chi connectivity index (χ0) is 31.9. The number of nitrogens with one attached hydrogen (secondary N) is 3. The van der Waals surface area contributed by atoms with Crippen LogP contribution in [0.3, 0.4) is 0 Å². The molecular formula is C38H50N5O2S+. The number of hydrogen-bond donors (Lipinski definition) is 3. The quantitative estimate of drug-likeness (QED) is 0.0570. The minimum atomic E-state index is 0.177. The van der Waals surface area contributed by atoms with E-state index in [1.807, 2.05) is 11.3 Å². The SMILES string of the molecule is CC[N+](CC)=c1ccc2nc3c(cc(NCCCCCCNC(=O)CCCCC4CC[C@@H]5CC(=O)N[C@H]45)c4ccccc43)sc-2c1. The number of aromatic nitrogens is 1. The molecule has 1 saturated heterocycles. The van der Waals surface area contributed by atoms with Crippen LogP contribution in [0.1, 0.15) is 84.5 Å². The molecule has 244 valence electrons. The van der Waals surface area contributed by atoms with Crippen molar-refractivity contribution in [2.75, 3.05) is 31.5 Å². The molecule has 4 aliphatic rings. The van der Waals surface area contributed by atoms with E-state index in [2.05, 4.69) is 82.9 Å². The standard InChI is InChI=1S/C38H49N5O2S/c1-3-43(4-2)28-19-20-31-33(24-28)46-34-25-32(29-14-8-9-15-30(29)38(34)41-31)39-21-11-5-6-12-22-40-35(44)16-10-7-13-26-17-18-27-23-36(45)42-37(26)27/h8-9,14-15,19-20,24-27,37H,3-7,10-13,16-18,21-23H2,1-2H3,(H2,40,42,44,45)/p+1/t26?,27-,37-/m1/s1. The van der Waals surface area contributed by atoms with Gasteiger partial charge in [0, 0.05) is 60.6 Å². The van der Waals surface area contributed by atoms with Crippen molar-refractivity contribution in [3.63, 3.8) is 0 Å². The first-order valence-corrected chi connectivity index (χ1v) is 18.5. The summed E-state index contributed by atoms with van der Waals surface area (Å²) in [6, 6.07) is 17.9.